The smallest absolute Gasteiger partial charge is 0.317 e. The Bertz CT molecular complexity index is 979. The van der Waals surface area contributed by atoms with Gasteiger partial charge in [0, 0.05) is 111 Å². The molecule has 15 nitrogen and oxygen atoms in total. The molecule has 0 spiro atoms. The molecule has 0 radical (unpaired) electrons. The van der Waals surface area contributed by atoms with E-state index < -0.39 is 11.9 Å². The van der Waals surface area contributed by atoms with E-state index in [1.165, 1.54) is 0 Å². The fourth-order valence-electron chi connectivity index (χ4n) is 5.29. The van der Waals surface area contributed by atoms with E-state index in [9.17, 15) is 39.0 Å². The lowest BCUT2D eigenvalue weighted by atomic mass is 10.2. The topological polar surface area (TPSA) is 166 Å². The lowest BCUT2D eigenvalue weighted by Gasteiger charge is -2.35. The van der Waals surface area contributed by atoms with Crippen molar-refractivity contribution in [3.63, 3.8) is 0 Å². The molecule has 250 valence electrons. The number of amides is 4. The Hall–Kier alpha value is -3.30. The Morgan fingerprint density at radius 1 is 0.500 bits per heavy atom. The van der Waals surface area contributed by atoms with Crippen molar-refractivity contribution in [3.8, 4) is 0 Å². The summed E-state index contributed by atoms with van der Waals surface area (Å²) in [5.74, 6) is -2.20. The van der Waals surface area contributed by atoms with Crippen LogP contribution < -0.4 is 0 Å². The minimum absolute atomic E-state index is 0.0625. The zero-order valence-corrected chi connectivity index (χ0v) is 26.6. The zero-order chi connectivity index (χ0) is 32.6. The summed E-state index contributed by atoms with van der Waals surface area (Å²) >= 11 is 0. The molecule has 2 aliphatic heterocycles. The highest BCUT2D eigenvalue weighted by Crippen LogP contribution is 2.09. The molecule has 2 saturated heterocycles. The van der Waals surface area contributed by atoms with E-state index in [0.29, 0.717) is 71.7 Å². The third kappa shape index (κ3) is 13.6. The molecule has 15 heteroatoms. The van der Waals surface area contributed by atoms with Crippen molar-refractivity contribution in [2.45, 2.75) is 39.0 Å². The van der Waals surface area contributed by atoms with E-state index in [1.54, 1.807) is 29.4 Å². The van der Waals surface area contributed by atoms with Gasteiger partial charge in [0.05, 0.1) is 13.1 Å². The van der Waals surface area contributed by atoms with Crippen LogP contribution in [0.15, 0.2) is 0 Å². The van der Waals surface area contributed by atoms with Gasteiger partial charge in [0.1, 0.15) is 0 Å². The molecule has 0 aromatic heterocycles. The van der Waals surface area contributed by atoms with Crippen molar-refractivity contribution in [3.05, 3.63) is 0 Å². The molecule has 0 unspecified atom stereocenters. The first-order valence-corrected chi connectivity index (χ1v) is 15.5. The first-order valence-electron chi connectivity index (χ1n) is 15.5. The van der Waals surface area contributed by atoms with Crippen LogP contribution in [0.3, 0.4) is 0 Å². The summed E-state index contributed by atoms with van der Waals surface area (Å²) in [6, 6.07) is 0. The van der Waals surface area contributed by atoms with Crippen LogP contribution in [0, 0.1) is 0 Å². The normalized spacial score (nSPS) is 15.8. The average molecular weight is 626 g/mol. The van der Waals surface area contributed by atoms with Crippen molar-refractivity contribution in [1.82, 2.24) is 34.3 Å². The van der Waals surface area contributed by atoms with E-state index in [4.69, 9.17) is 0 Å². The lowest BCUT2D eigenvalue weighted by molar-refractivity contribution is -0.141. The molecular weight excluding hydrogens is 574 g/mol. The lowest BCUT2D eigenvalue weighted by Crippen LogP contribution is -2.51. The van der Waals surface area contributed by atoms with Crippen LogP contribution in [0.4, 0.5) is 0 Å². The van der Waals surface area contributed by atoms with Gasteiger partial charge in [0.25, 0.3) is 0 Å². The van der Waals surface area contributed by atoms with E-state index in [1.807, 2.05) is 25.9 Å². The third-order valence-corrected chi connectivity index (χ3v) is 7.94. The van der Waals surface area contributed by atoms with Gasteiger partial charge < -0.3 is 34.7 Å². The van der Waals surface area contributed by atoms with E-state index in [2.05, 4.69) is 0 Å². The maximum Gasteiger partial charge on any atom is 0.317 e. The summed E-state index contributed by atoms with van der Waals surface area (Å²) in [6.07, 6.45) is 1.90. The first-order chi connectivity index (χ1) is 20.9. The summed E-state index contributed by atoms with van der Waals surface area (Å²) in [5.41, 5.74) is 0. The second-order valence-electron chi connectivity index (χ2n) is 11.7. The number of carboxylic acid groups (broad SMARTS) is 2. The number of aliphatic carboxylic acids is 2. The minimum atomic E-state index is -1.06. The van der Waals surface area contributed by atoms with E-state index in [-0.39, 0.29) is 75.7 Å². The summed E-state index contributed by atoms with van der Waals surface area (Å²) in [4.78, 5) is 85.2. The molecule has 4 amide bonds. The Morgan fingerprint density at radius 3 is 1.07 bits per heavy atom. The van der Waals surface area contributed by atoms with Crippen molar-refractivity contribution in [1.29, 1.82) is 0 Å². The Kier molecular flexibility index (Phi) is 16.1. The van der Waals surface area contributed by atoms with Gasteiger partial charge in [-0.1, -0.05) is 6.92 Å². The minimum Gasteiger partial charge on any atom is -0.480 e. The maximum absolute atomic E-state index is 12.9. The Labute approximate surface area is 260 Å². The molecule has 2 fully saturated rings. The van der Waals surface area contributed by atoms with Crippen molar-refractivity contribution in [2.75, 3.05) is 112 Å². The number of hydrogen-bond acceptors (Lipinski definition) is 9. The summed E-state index contributed by atoms with van der Waals surface area (Å²) < 4.78 is 0. The van der Waals surface area contributed by atoms with Gasteiger partial charge in [-0.25, -0.2) is 0 Å². The highest BCUT2D eigenvalue weighted by atomic mass is 16.4. The molecule has 0 aliphatic carbocycles. The van der Waals surface area contributed by atoms with Gasteiger partial charge in [-0.3, -0.25) is 38.6 Å². The Balaban J connectivity index is 1.81. The number of carbonyl (C=O) groups excluding carboxylic acids is 4. The van der Waals surface area contributed by atoms with E-state index in [0.717, 1.165) is 6.42 Å². The predicted octanol–water partition coefficient (Wildman–Crippen LogP) is -1.37. The highest BCUT2D eigenvalue weighted by molar-refractivity contribution is 5.79. The van der Waals surface area contributed by atoms with Crippen LogP contribution >= 0.6 is 0 Å². The molecule has 2 heterocycles. The summed E-state index contributed by atoms with van der Waals surface area (Å²) in [6.45, 7) is 6.45. The fraction of sp³-hybridized carbons (Fsp3) is 0.793. The molecule has 2 N–H and O–H groups in total. The monoisotopic (exact) mass is 625 g/mol. The highest BCUT2D eigenvalue weighted by Gasteiger charge is 2.26. The summed E-state index contributed by atoms with van der Waals surface area (Å²) in [7, 11) is 3.82. The zero-order valence-electron chi connectivity index (χ0n) is 26.6. The SMILES string of the molecule is CCCC(=O)N1CCN(C(=O)CCN(CCN(CCC(=O)N2CCN(C(=O)CCN(C)C)CC2)CC(=O)O)CC(=O)O)CC1. The molecule has 0 atom stereocenters. The molecule has 0 aromatic rings. The number of piperazine rings is 2. The number of carbonyl (C=O) groups is 6. The molecule has 2 rings (SSSR count). The molecule has 2 aliphatic rings. The number of carboxylic acids is 2. The van der Waals surface area contributed by atoms with Crippen LogP contribution in [0.1, 0.15) is 39.0 Å². The Morgan fingerprint density at radius 2 is 0.795 bits per heavy atom. The van der Waals surface area contributed by atoms with Crippen molar-refractivity contribution in [2.24, 2.45) is 0 Å². The second-order valence-corrected chi connectivity index (χ2v) is 11.7. The predicted molar refractivity (Wildman–Crippen MR) is 162 cm³/mol. The molecule has 44 heavy (non-hydrogen) atoms. The number of hydrogen-bond donors (Lipinski definition) is 2. The first kappa shape index (κ1) is 36.9. The van der Waals surface area contributed by atoms with Crippen LogP contribution in [0.25, 0.3) is 0 Å². The van der Waals surface area contributed by atoms with Crippen molar-refractivity contribution >= 4 is 35.6 Å². The van der Waals surface area contributed by atoms with Gasteiger partial charge in [0.2, 0.25) is 23.6 Å². The van der Waals surface area contributed by atoms with Gasteiger partial charge in [-0.2, -0.15) is 0 Å². The van der Waals surface area contributed by atoms with Crippen LogP contribution in [0.5, 0.6) is 0 Å². The van der Waals surface area contributed by atoms with Crippen molar-refractivity contribution < 1.29 is 39.0 Å². The number of rotatable bonds is 18. The van der Waals surface area contributed by atoms with E-state index >= 15 is 0 Å². The maximum atomic E-state index is 12.9. The number of nitrogens with zero attached hydrogens (tertiary/aromatic N) is 7. The average Bonchev–Trinajstić information content (AvgIpc) is 2.99. The van der Waals surface area contributed by atoms with Crippen LogP contribution in [-0.4, -0.2) is 192 Å². The van der Waals surface area contributed by atoms with Gasteiger partial charge in [0.15, 0.2) is 0 Å². The molecule has 0 saturated carbocycles. The third-order valence-electron chi connectivity index (χ3n) is 7.94. The largest absolute Gasteiger partial charge is 0.480 e. The molecule has 0 bridgehead atoms. The standard InChI is InChI=1S/C29H51N7O8/c1-4-5-24(37)33-14-16-35(17-15-33)26(39)7-10-31(22-28(41)42)12-13-32(23-29(43)44)11-8-27(40)36-20-18-34(19-21-36)25(38)6-9-30(2)3/h4-23H2,1-3H3,(H,41,42)(H,43,44). The van der Waals surface area contributed by atoms with Gasteiger partial charge in [-0.05, 0) is 20.5 Å². The van der Waals surface area contributed by atoms with Gasteiger partial charge in [-0.15, -0.1) is 0 Å². The quantitative estimate of drug-likeness (QED) is 0.185. The molecular formula is C29H51N7O8. The fourth-order valence-corrected chi connectivity index (χ4v) is 5.29. The summed E-state index contributed by atoms with van der Waals surface area (Å²) in [5, 5.41) is 18.8. The van der Waals surface area contributed by atoms with Crippen LogP contribution in [-0.2, 0) is 28.8 Å². The molecule has 0 aromatic carbocycles. The second kappa shape index (κ2) is 19.2. The van der Waals surface area contributed by atoms with Gasteiger partial charge >= 0.3 is 11.9 Å². The van der Waals surface area contributed by atoms with Crippen LogP contribution in [0.2, 0.25) is 0 Å².